The SMILES string of the molecule is Cc1ccc2c(c1)-c1nc3n(c(=O)c1C1(CCCCC1)C2)CCCS3. The molecular formula is C21H24N2OS. The van der Waals surface area contributed by atoms with Gasteiger partial charge in [0.05, 0.1) is 11.3 Å². The average Bonchev–Trinajstić information content (AvgIpc) is 2.63. The van der Waals surface area contributed by atoms with Crippen LogP contribution in [0.1, 0.15) is 55.2 Å². The molecule has 1 aliphatic heterocycles. The summed E-state index contributed by atoms with van der Waals surface area (Å²) >= 11 is 1.74. The van der Waals surface area contributed by atoms with Gasteiger partial charge in [-0.15, -0.1) is 0 Å². The summed E-state index contributed by atoms with van der Waals surface area (Å²) in [6, 6.07) is 6.72. The summed E-state index contributed by atoms with van der Waals surface area (Å²) < 4.78 is 1.96. The van der Waals surface area contributed by atoms with E-state index in [9.17, 15) is 4.79 Å². The summed E-state index contributed by atoms with van der Waals surface area (Å²) in [7, 11) is 0. The molecule has 0 radical (unpaired) electrons. The summed E-state index contributed by atoms with van der Waals surface area (Å²) in [6.45, 7) is 2.96. The summed E-state index contributed by atoms with van der Waals surface area (Å²) in [4.78, 5) is 18.6. The first-order chi connectivity index (χ1) is 12.2. The second-order valence-corrected chi connectivity index (χ2v) is 9.02. The van der Waals surface area contributed by atoms with Crippen LogP contribution in [-0.4, -0.2) is 15.3 Å². The van der Waals surface area contributed by atoms with Gasteiger partial charge in [0, 0.05) is 23.3 Å². The van der Waals surface area contributed by atoms with Crippen LogP contribution in [0.25, 0.3) is 11.3 Å². The number of rotatable bonds is 0. The molecule has 3 nitrogen and oxygen atoms in total. The summed E-state index contributed by atoms with van der Waals surface area (Å²) in [5.74, 6) is 1.07. The van der Waals surface area contributed by atoms with Gasteiger partial charge in [-0.25, -0.2) is 4.98 Å². The molecule has 0 atom stereocenters. The lowest BCUT2D eigenvalue weighted by Crippen LogP contribution is -2.43. The second kappa shape index (κ2) is 5.73. The van der Waals surface area contributed by atoms with Crippen LogP contribution in [-0.2, 0) is 18.4 Å². The molecule has 0 amide bonds. The monoisotopic (exact) mass is 352 g/mol. The van der Waals surface area contributed by atoms with Crippen molar-refractivity contribution in [3.05, 3.63) is 45.2 Å². The third-order valence-electron chi connectivity index (χ3n) is 6.28. The molecule has 5 rings (SSSR count). The van der Waals surface area contributed by atoms with Crippen LogP contribution >= 0.6 is 11.8 Å². The van der Waals surface area contributed by atoms with Crippen LogP contribution in [0.15, 0.2) is 28.2 Å². The highest BCUT2D eigenvalue weighted by molar-refractivity contribution is 7.99. The Morgan fingerprint density at radius 3 is 2.84 bits per heavy atom. The van der Waals surface area contributed by atoms with Crippen molar-refractivity contribution in [3.8, 4) is 11.3 Å². The molecule has 25 heavy (non-hydrogen) atoms. The fourth-order valence-electron chi connectivity index (χ4n) is 5.07. The number of benzene rings is 1. The number of hydrogen-bond acceptors (Lipinski definition) is 3. The zero-order valence-corrected chi connectivity index (χ0v) is 15.6. The molecule has 0 N–H and O–H groups in total. The Balaban J connectivity index is 1.83. The highest BCUT2D eigenvalue weighted by Crippen LogP contribution is 2.49. The first-order valence-corrected chi connectivity index (χ1v) is 10.5. The van der Waals surface area contributed by atoms with Gasteiger partial charge in [-0.05, 0) is 44.2 Å². The second-order valence-electron chi connectivity index (χ2n) is 7.96. The van der Waals surface area contributed by atoms with Gasteiger partial charge in [0.1, 0.15) is 0 Å². The van der Waals surface area contributed by atoms with Gasteiger partial charge in [-0.3, -0.25) is 9.36 Å². The van der Waals surface area contributed by atoms with E-state index in [0.717, 1.165) is 54.4 Å². The van der Waals surface area contributed by atoms with Gasteiger partial charge in [0.2, 0.25) is 0 Å². The van der Waals surface area contributed by atoms with Crippen molar-refractivity contribution < 1.29 is 0 Å². The van der Waals surface area contributed by atoms with E-state index in [1.165, 1.54) is 36.0 Å². The van der Waals surface area contributed by atoms with Crippen molar-refractivity contribution >= 4 is 11.8 Å². The minimum atomic E-state index is 0.0179. The van der Waals surface area contributed by atoms with E-state index < -0.39 is 0 Å². The molecule has 130 valence electrons. The highest BCUT2D eigenvalue weighted by atomic mass is 32.2. The van der Waals surface area contributed by atoms with Crippen molar-refractivity contribution in [2.75, 3.05) is 5.75 Å². The van der Waals surface area contributed by atoms with Crippen LogP contribution in [0.4, 0.5) is 0 Å². The molecule has 2 heterocycles. The maximum Gasteiger partial charge on any atom is 0.258 e. The van der Waals surface area contributed by atoms with E-state index in [1.807, 2.05) is 4.57 Å². The zero-order chi connectivity index (χ0) is 17.0. The molecule has 2 aromatic rings. The normalized spacial score (nSPS) is 20.7. The predicted molar refractivity (Wildman–Crippen MR) is 102 cm³/mol. The molecule has 1 aromatic heterocycles. The number of aromatic nitrogens is 2. The molecule has 4 heteroatoms. The Labute approximate surface area is 152 Å². The molecule has 1 aromatic carbocycles. The lowest BCUT2D eigenvalue weighted by Gasteiger charge is -2.42. The number of thioether (sulfide) groups is 1. The summed E-state index contributed by atoms with van der Waals surface area (Å²) in [5, 5.41) is 0.926. The van der Waals surface area contributed by atoms with Gasteiger partial charge in [-0.2, -0.15) is 0 Å². The van der Waals surface area contributed by atoms with Gasteiger partial charge in [0.15, 0.2) is 5.16 Å². The minimum Gasteiger partial charge on any atom is -0.287 e. The number of hydrogen-bond donors (Lipinski definition) is 0. The molecule has 1 spiro atoms. The number of fused-ring (bicyclic) bond motifs is 5. The van der Waals surface area contributed by atoms with E-state index in [-0.39, 0.29) is 11.0 Å². The molecule has 3 aliphatic rings. The van der Waals surface area contributed by atoms with Crippen molar-refractivity contribution in [1.82, 2.24) is 9.55 Å². The Bertz CT molecular complexity index is 909. The Kier molecular flexibility index (Phi) is 3.60. The first-order valence-electron chi connectivity index (χ1n) is 9.56. The topological polar surface area (TPSA) is 34.9 Å². The summed E-state index contributed by atoms with van der Waals surface area (Å²) in [6.07, 6.45) is 8.12. The fourth-order valence-corrected chi connectivity index (χ4v) is 6.02. The lowest BCUT2D eigenvalue weighted by molar-refractivity contribution is 0.281. The van der Waals surface area contributed by atoms with Crippen LogP contribution < -0.4 is 5.56 Å². The Morgan fingerprint density at radius 2 is 2.00 bits per heavy atom. The Morgan fingerprint density at radius 1 is 1.16 bits per heavy atom. The van der Waals surface area contributed by atoms with Crippen LogP contribution in [0, 0.1) is 6.92 Å². The molecule has 2 aliphatic carbocycles. The summed E-state index contributed by atoms with van der Waals surface area (Å²) in [5.41, 5.74) is 6.15. The first kappa shape index (κ1) is 15.7. The standard InChI is InChI=1S/C21H24N2OS/c1-14-6-7-15-13-21(8-3-2-4-9-21)17-18(16(15)12-14)22-20-23(19(17)24)10-5-11-25-20/h6-7,12H,2-5,8-11,13H2,1H3. The van der Waals surface area contributed by atoms with E-state index in [2.05, 4.69) is 25.1 Å². The van der Waals surface area contributed by atoms with Crippen molar-refractivity contribution in [3.63, 3.8) is 0 Å². The molecule has 0 bridgehead atoms. The fraction of sp³-hybridized carbons (Fsp3) is 0.524. The maximum atomic E-state index is 13.5. The third-order valence-corrected chi connectivity index (χ3v) is 7.34. The van der Waals surface area contributed by atoms with Gasteiger partial charge >= 0.3 is 0 Å². The number of aryl methyl sites for hydroxylation is 1. The maximum absolute atomic E-state index is 13.5. The third kappa shape index (κ3) is 2.33. The molecule has 1 saturated carbocycles. The molecule has 0 unspecified atom stereocenters. The Hall–Kier alpha value is -1.55. The molecular weight excluding hydrogens is 328 g/mol. The minimum absolute atomic E-state index is 0.0179. The lowest BCUT2D eigenvalue weighted by atomic mass is 9.62. The predicted octanol–water partition coefficient (Wildman–Crippen LogP) is 4.47. The van der Waals surface area contributed by atoms with Crippen LogP contribution in [0.3, 0.4) is 0 Å². The van der Waals surface area contributed by atoms with Crippen LogP contribution in [0.2, 0.25) is 0 Å². The van der Waals surface area contributed by atoms with Gasteiger partial charge in [-0.1, -0.05) is 48.7 Å². The average molecular weight is 353 g/mol. The molecule has 1 fully saturated rings. The highest BCUT2D eigenvalue weighted by Gasteiger charge is 2.43. The van der Waals surface area contributed by atoms with Gasteiger partial charge < -0.3 is 0 Å². The smallest absolute Gasteiger partial charge is 0.258 e. The largest absolute Gasteiger partial charge is 0.287 e. The zero-order valence-electron chi connectivity index (χ0n) is 14.8. The van der Waals surface area contributed by atoms with Crippen molar-refractivity contribution in [2.45, 2.75) is 69.0 Å². The van der Waals surface area contributed by atoms with E-state index >= 15 is 0 Å². The van der Waals surface area contributed by atoms with E-state index in [0.29, 0.717) is 0 Å². The van der Waals surface area contributed by atoms with E-state index in [4.69, 9.17) is 4.98 Å². The van der Waals surface area contributed by atoms with E-state index in [1.54, 1.807) is 11.8 Å². The number of nitrogens with zero attached hydrogens (tertiary/aromatic N) is 2. The van der Waals surface area contributed by atoms with Gasteiger partial charge in [0.25, 0.3) is 5.56 Å². The molecule has 0 saturated heterocycles. The van der Waals surface area contributed by atoms with Crippen LogP contribution in [0.5, 0.6) is 0 Å². The van der Waals surface area contributed by atoms with Crippen molar-refractivity contribution in [2.24, 2.45) is 0 Å². The quantitative estimate of drug-likeness (QED) is 0.656. The van der Waals surface area contributed by atoms with Crippen molar-refractivity contribution in [1.29, 1.82) is 0 Å².